The summed E-state index contributed by atoms with van der Waals surface area (Å²) in [5.74, 6) is 1.30. The molecule has 6 nitrogen and oxygen atoms in total. The van der Waals surface area contributed by atoms with Gasteiger partial charge in [0.25, 0.3) is 0 Å². The molecule has 2 rings (SSSR count). The van der Waals surface area contributed by atoms with E-state index >= 15 is 0 Å². The van der Waals surface area contributed by atoms with Crippen LogP contribution in [0.2, 0.25) is 0 Å². The van der Waals surface area contributed by atoms with Crippen molar-refractivity contribution in [3.63, 3.8) is 0 Å². The summed E-state index contributed by atoms with van der Waals surface area (Å²) >= 11 is 0. The molecule has 0 unspecified atom stereocenters. The lowest BCUT2D eigenvalue weighted by Crippen LogP contribution is -2.24. The molecule has 2 aromatic rings. The van der Waals surface area contributed by atoms with Crippen molar-refractivity contribution >= 4 is 11.6 Å². The molecule has 0 aliphatic rings. The van der Waals surface area contributed by atoms with Crippen molar-refractivity contribution in [3.8, 4) is 5.75 Å². The quantitative estimate of drug-likeness (QED) is 0.793. The van der Waals surface area contributed by atoms with Gasteiger partial charge >= 0.3 is 0 Å². The highest BCUT2D eigenvalue weighted by Crippen LogP contribution is 2.14. The Morgan fingerprint density at radius 2 is 2.24 bits per heavy atom. The number of nitrogen functional groups attached to an aromatic ring is 1. The van der Waals surface area contributed by atoms with E-state index in [9.17, 15) is 4.79 Å². The number of ether oxygens (including phenoxy) is 1. The van der Waals surface area contributed by atoms with E-state index in [4.69, 9.17) is 15.0 Å². The van der Waals surface area contributed by atoms with Crippen LogP contribution in [0.3, 0.4) is 0 Å². The molecular formula is C15H19N3O3. The highest BCUT2D eigenvalue weighted by molar-refractivity contribution is 5.76. The van der Waals surface area contributed by atoms with Crippen molar-refractivity contribution in [2.45, 2.75) is 26.8 Å². The summed E-state index contributed by atoms with van der Waals surface area (Å²) in [4.78, 5) is 11.8. The zero-order valence-corrected chi connectivity index (χ0v) is 12.2. The van der Waals surface area contributed by atoms with Gasteiger partial charge in [0.1, 0.15) is 11.5 Å². The molecular weight excluding hydrogens is 270 g/mol. The first-order valence-electron chi connectivity index (χ1n) is 6.73. The molecule has 0 radical (unpaired) electrons. The molecule has 1 aromatic heterocycles. The van der Waals surface area contributed by atoms with Crippen molar-refractivity contribution in [1.29, 1.82) is 0 Å². The number of benzene rings is 1. The average molecular weight is 289 g/mol. The predicted octanol–water partition coefficient (Wildman–Crippen LogP) is 1.96. The van der Waals surface area contributed by atoms with Crippen LogP contribution in [0, 0.1) is 13.8 Å². The summed E-state index contributed by atoms with van der Waals surface area (Å²) in [5, 5.41) is 6.66. The Hall–Kier alpha value is -2.50. The molecule has 1 amide bonds. The summed E-state index contributed by atoms with van der Waals surface area (Å²) in [6, 6.07) is 7.12. The van der Waals surface area contributed by atoms with Crippen LogP contribution < -0.4 is 15.8 Å². The summed E-state index contributed by atoms with van der Waals surface area (Å²) < 4.78 is 10.5. The molecule has 112 valence electrons. The van der Waals surface area contributed by atoms with Crippen LogP contribution in [0.15, 0.2) is 28.8 Å². The van der Waals surface area contributed by atoms with Crippen LogP contribution in [0.5, 0.6) is 5.75 Å². The smallest absolute Gasteiger partial charge is 0.223 e. The normalized spacial score (nSPS) is 10.4. The Balaban J connectivity index is 1.73. The van der Waals surface area contributed by atoms with E-state index in [-0.39, 0.29) is 12.3 Å². The Morgan fingerprint density at radius 3 is 2.90 bits per heavy atom. The van der Waals surface area contributed by atoms with Gasteiger partial charge in [0.05, 0.1) is 18.7 Å². The number of rotatable bonds is 6. The summed E-state index contributed by atoms with van der Waals surface area (Å²) in [7, 11) is 0. The van der Waals surface area contributed by atoms with E-state index in [1.54, 1.807) is 18.2 Å². The molecule has 0 saturated carbocycles. The number of nitrogens with one attached hydrogen (secondary N) is 1. The molecule has 0 spiro atoms. The summed E-state index contributed by atoms with van der Waals surface area (Å²) in [6.45, 7) is 4.39. The fourth-order valence-electron chi connectivity index (χ4n) is 1.90. The van der Waals surface area contributed by atoms with Crippen molar-refractivity contribution in [2.75, 3.05) is 12.3 Å². The molecule has 0 bridgehead atoms. The largest absolute Gasteiger partial charge is 0.493 e. The second-order valence-electron chi connectivity index (χ2n) is 4.75. The van der Waals surface area contributed by atoms with Crippen LogP contribution in [-0.2, 0) is 11.3 Å². The van der Waals surface area contributed by atoms with Gasteiger partial charge in [-0.25, -0.2) is 0 Å². The average Bonchev–Trinajstić information content (AvgIpc) is 2.76. The van der Waals surface area contributed by atoms with Gasteiger partial charge in [-0.1, -0.05) is 11.2 Å². The zero-order chi connectivity index (χ0) is 15.2. The lowest BCUT2D eigenvalue weighted by Gasteiger charge is -2.07. The number of amides is 1. The first-order valence-corrected chi connectivity index (χ1v) is 6.73. The first-order chi connectivity index (χ1) is 10.1. The van der Waals surface area contributed by atoms with E-state index < -0.39 is 0 Å². The third kappa shape index (κ3) is 4.24. The third-order valence-corrected chi connectivity index (χ3v) is 3.10. The van der Waals surface area contributed by atoms with Crippen molar-refractivity contribution < 1.29 is 14.1 Å². The number of hydrogen-bond donors (Lipinski definition) is 2. The topological polar surface area (TPSA) is 90.4 Å². The predicted molar refractivity (Wildman–Crippen MR) is 78.8 cm³/mol. The molecule has 0 fully saturated rings. The number of anilines is 1. The van der Waals surface area contributed by atoms with Gasteiger partial charge in [-0.05, 0) is 26.0 Å². The van der Waals surface area contributed by atoms with Gasteiger partial charge in [-0.2, -0.15) is 0 Å². The summed E-state index contributed by atoms with van der Waals surface area (Å²) in [6.07, 6.45) is 0.276. The maximum Gasteiger partial charge on any atom is 0.223 e. The van der Waals surface area contributed by atoms with Crippen molar-refractivity contribution in [2.24, 2.45) is 0 Å². The first kappa shape index (κ1) is 14.9. The Labute approximate surface area is 123 Å². The maximum atomic E-state index is 11.8. The number of nitrogens with two attached hydrogens (primary N) is 1. The minimum atomic E-state index is -0.0843. The standard InChI is InChI=1S/C15H19N3O3/c1-10-14(11(2)21-18-10)9-17-15(19)6-7-20-13-5-3-4-12(16)8-13/h3-5,8H,6-7,9,16H2,1-2H3,(H,17,19). The van der Waals surface area contributed by atoms with Crippen molar-refractivity contribution in [1.82, 2.24) is 10.5 Å². The van der Waals surface area contributed by atoms with Gasteiger partial charge in [0, 0.05) is 23.9 Å². The number of hydrogen-bond acceptors (Lipinski definition) is 5. The monoisotopic (exact) mass is 289 g/mol. The third-order valence-electron chi connectivity index (χ3n) is 3.10. The number of carbonyl (C=O) groups excluding carboxylic acids is 1. The zero-order valence-electron chi connectivity index (χ0n) is 12.2. The summed E-state index contributed by atoms with van der Waals surface area (Å²) in [5.41, 5.74) is 7.99. The molecule has 0 aliphatic heterocycles. The molecule has 0 atom stereocenters. The molecule has 1 aromatic carbocycles. The van der Waals surface area contributed by atoms with E-state index in [2.05, 4.69) is 10.5 Å². The number of aromatic nitrogens is 1. The van der Waals surface area contributed by atoms with Gasteiger partial charge in [0.15, 0.2) is 0 Å². The maximum absolute atomic E-state index is 11.8. The Morgan fingerprint density at radius 1 is 1.43 bits per heavy atom. The van der Waals surface area contributed by atoms with E-state index in [1.165, 1.54) is 0 Å². The number of nitrogens with zero attached hydrogens (tertiary/aromatic N) is 1. The number of aryl methyl sites for hydroxylation is 2. The SMILES string of the molecule is Cc1noc(C)c1CNC(=O)CCOc1cccc(N)c1. The number of carbonyl (C=O) groups is 1. The minimum Gasteiger partial charge on any atom is -0.493 e. The van der Waals surface area contributed by atoms with Gasteiger partial charge in [-0.3, -0.25) is 4.79 Å². The highest BCUT2D eigenvalue weighted by Gasteiger charge is 2.10. The van der Waals surface area contributed by atoms with Gasteiger partial charge < -0.3 is 20.3 Å². The second-order valence-corrected chi connectivity index (χ2v) is 4.75. The van der Waals surface area contributed by atoms with E-state index in [1.807, 2.05) is 19.9 Å². The fourth-order valence-corrected chi connectivity index (χ4v) is 1.90. The second kappa shape index (κ2) is 6.78. The van der Waals surface area contributed by atoms with Gasteiger partial charge in [0.2, 0.25) is 5.91 Å². The fraction of sp³-hybridized carbons (Fsp3) is 0.333. The molecule has 0 saturated heterocycles. The molecule has 3 N–H and O–H groups in total. The van der Waals surface area contributed by atoms with Crippen LogP contribution in [0.25, 0.3) is 0 Å². The molecule has 21 heavy (non-hydrogen) atoms. The minimum absolute atomic E-state index is 0.0843. The molecule has 0 aliphatic carbocycles. The van der Waals surface area contributed by atoms with Crippen LogP contribution >= 0.6 is 0 Å². The van der Waals surface area contributed by atoms with Gasteiger partial charge in [-0.15, -0.1) is 0 Å². The highest BCUT2D eigenvalue weighted by atomic mass is 16.5. The van der Waals surface area contributed by atoms with Crippen LogP contribution in [0.4, 0.5) is 5.69 Å². The molecule has 1 heterocycles. The van der Waals surface area contributed by atoms with Crippen LogP contribution in [0.1, 0.15) is 23.4 Å². The van der Waals surface area contributed by atoms with Crippen molar-refractivity contribution in [3.05, 3.63) is 41.3 Å². The lowest BCUT2D eigenvalue weighted by molar-refractivity contribution is -0.121. The van der Waals surface area contributed by atoms with E-state index in [0.29, 0.717) is 24.6 Å². The Kier molecular flexibility index (Phi) is 4.81. The Bertz CT molecular complexity index is 603. The molecule has 6 heteroatoms. The van der Waals surface area contributed by atoms with E-state index in [0.717, 1.165) is 17.0 Å². The van der Waals surface area contributed by atoms with Crippen LogP contribution in [-0.4, -0.2) is 17.7 Å². The lowest BCUT2D eigenvalue weighted by atomic mass is 10.2.